The van der Waals surface area contributed by atoms with Crippen LogP contribution in [0.3, 0.4) is 0 Å². The fourth-order valence-corrected chi connectivity index (χ4v) is 5.91. The van der Waals surface area contributed by atoms with E-state index >= 15 is 0 Å². The second kappa shape index (κ2) is 9.10. The Morgan fingerprint density at radius 2 is 1.87 bits per heavy atom. The number of nitrogens with zero attached hydrogens (tertiary/aromatic N) is 2. The van der Waals surface area contributed by atoms with Gasteiger partial charge in [-0.25, -0.2) is 8.42 Å². The number of amides is 1. The van der Waals surface area contributed by atoms with Gasteiger partial charge in [0, 0.05) is 25.2 Å². The molecule has 2 heterocycles. The second-order valence-electron chi connectivity index (χ2n) is 8.74. The Kier molecular flexibility index (Phi) is 6.46. The van der Waals surface area contributed by atoms with E-state index in [0.717, 1.165) is 12.0 Å². The monoisotopic (exact) mass is 442 g/mol. The number of rotatable bonds is 5. The van der Waals surface area contributed by atoms with Gasteiger partial charge in [-0.05, 0) is 48.1 Å². The second-order valence-corrected chi connectivity index (χ2v) is 10.7. The van der Waals surface area contributed by atoms with Crippen molar-refractivity contribution in [2.24, 2.45) is 5.92 Å². The molecule has 7 heteroatoms. The zero-order valence-corrected chi connectivity index (χ0v) is 19.0. The van der Waals surface area contributed by atoms with Crippen molar-refractivity contribution in [2.75, 3.05) is 26.3 Å². The van der Waals surface area contributed by atoms with Crippen molar-refractivity contribution < 1.29 is 17.9 Å². The maximum Gasteiger partial charge on any atom is 0.254 e. The standard InChI is InChI=1S/C24H30N2O4S/c1-18(2)14-22-17-30-13-12-26(22)24(27)20-8-5-9-23(15-20)31(28,29)25-11-10-19-6-3-4-7-21(19)16-25/h3-9,15,18,22H,10-14,16-17H2,1-2H3. The molecule has 1 amide bonds. The van der Waals surface area contributed by atoms with Crippen LogP contribution in [0.5, 0.6) is 0 Å². The minimum Gasteiger partial charge on any atom is -0.377 e. The van der Waals surface area contributed by atoms with Gasteiger partial charge in [0.15, 0.2) is 0 Å². The predicted octanol–water partition coefficient (Wildman–Crippen LogP) is 3.32. The summed E-state index contributed by atoms with van der Waals surface area (Å²) in [4.78, 5) is 15.3. The van der Waals surface area contributed by atoms with Gasteiger partial charge in [-0.15, -0.1) is 0 Å². The summed E-state index contributed by atoms with van der Waals surface area (Å²) in [5.41, 5.74) is 2.64. The highest BCUT2D eigenvalue weighted by Gasteiger charge is 2.31. The normalized spacial score (nSPS) is 20.0. The van der Waals surface area contributed by atoms with Crippen molar-refractivity contribution in [3.05, 3.63) is 65.2 Å². The zero-order chi connectivity index (χ0) is 22.0. The summed E-state index contributed by atoms with van der Waals surface area (Å²) in [6, 6.07) is 14.4. The van der Waals surface area contributed by atoms with E-state index in [9.17, 15) is 13.2 Å². The molecule has 1 fully saturated rings. The SMILES string of the molecule is CC(C)CC1COCCN1C(=O)c1cccc(S(=O)(=O)N2CCc3ccccc3C2)c1. The average Bonchev–Trinajstić information content (AvgIpc) is 2.78. The van der Waals surface area contributed by atoms with Crippen LogP contribution in [0, 0.1) is 5.92 Å². The van der Waals surface area contributed by atoms with Crippen LogP contribution in [-0.4, -0.2) is 55.9 Å². The van der Waals surface area contributed by atoms with Gasteiger partial charge in [0.1, 0.15) is 0 Å². The summed E-state index contributed by atoms with van der Waals surface area (Å²) in [6.07, 6.45) is 1.55. The number of benzene rings is 2. The van der Waals surface area contributed by atoms with E-state index < -0.39 is 10.0 Å². The Labute approximate surface area is 184 Å². The molecule has 0 aliphatic carbocycles. The molecule has 2 aromatic rings. The van der Waals surface area contributed by atoms with Gasteiger partial charge in [0.05, 0.1) is 24.2 Å². The van der Waals surface area contributed by atoms with Crippen molar-refractivity contribution in [1.29, 1.82) is 0 Å². The van der Waals surface area contributed by atoms with Crippen LogP contribution in [-0.2, 0) is 27.7 Å². The molecule has 4 rings (SSSR count). The largest absolute Gasteiger partial charge is 0.377 e. The minimum absolute atomic E-state index is 0.0140. The molecule has 2 aliphatic heterocycles. The predicted molar refractivity (Wildman–Crippen MR) is 119 cm³/mol. The molecule has 6 nitrogen and oxygen atoms in total. The Morgan fingerprint density at radius 3 is 2.65 bits per heavy atom. The van der Waals surface area contributed by atoms with Gasteiger partial charge in [-0.3, -0.25) is 4.79 Å². The molecular formula is C24H30N2O4S. The first-order valence-electron chi connectivity index (χ1n) is 10.9. The first kappa shape index (κ1) is 22.0. The third kappa shape index (κ3) is 4.68. The van der Waals surface area contributed by atoms with Crippen molar-refractivity contribution in [1.82, 2.24) is 9.21 Å². The fraction of sp³-hybridized carbons (Fsp3) is 0.458. The lowest BCUT2D eigenvalue weighted by Crippen LogP contribution is -2.49. The van der Waals surface area contributed by atoms with E-state index in [4.69, 9.17) is 4.74 Å². The number of carbonyl (C=O) groups excluding carboxylic acids is 1. The van der Waals surface area contributed by atoms with Crippen LogP contribution in [0.15, 0.2) is 53.4 Å². The number of hydrogen-bond donors (Lipinski definition) is 0. The lowest BCUT2D eigenvalue weighted by molar-refractivity contribution is -0.00747. The van der Waals surface area contributed by atoms with Crippen molar-refractivity contribution in [3.8, 4) is 0 Å². The molecule has 0 saturated carbocycles. The quantitative estimate of drug-likeness (QED) is 0.713. The Hall–Kier alpha value is -2.22. The summed E-state index contributed by atoms with van der Waals surface area (Å²) in [5.74, 6) is 0.311. The minimum atomic E-state index is -3.69. The van der Waals surface area contributed by atoms with Crippen LogP contribution < -0.4 is 0 Å². The van der Waals surface area contributed by atoms with E-state index in [1.165, 1.54) is 15.9 Å². The summed E-state index contributed by atoms with van der Waals surface area (Å²) < 4.78 is 33.8. The molecule has 0 radical (unpaired) electrons. The van der Waals surface area contributed by atoms with Crippen LogP contribution in [0.25, 0.3) is 0 Å². The number of carbonyl (C=O) groups is 1. The van der Waals surface area contributed by atoms with Gasteiger partial charge in [0.25, 0.3) is 5.91 Å². The highest BCUT2D eigenvalue weighted by molar-refractivity contribution is 7.89. The molecule has 0 bridgehead atoms. The molecule has 1 saturated heterocycles. The number of sulfonamides is 1. The summed E-state index contributed by atoms with van der Waals surface area (Å²) in [6.45, 7) is 6.60. The highest BCUT2D eigenvalue weighted by Crippen LogP contribution is 2.26. The molecular weight excluding hydrogens is 412 g/mol. The number of hydrogen-bond acceptors (Lipinski definition) is 4. The summed E-state index contributed by atoms with van der Waals surface area (Å²) in [5, 5.41) is 0. The van der Waals surface area contributed by atoms with E-state index in [0.29, 0.717) is 50.8 Å². The molecule has 2 aliphatic rings. The van der Waals surface area contributed by atoms with Crippen LogP contribution in [0.1, 0.15) is 41.8 Å². The highest BCUT2D eigenvalue weighted by atomic mass is 32.2. The van der Waals surface area contributed by atoms with Gasteiger partial charge < -0.3 is 9.64 Å². The molecule has 0 N–H and O–H groups in total. The molecule has 31 heavy (non-hydrogen) atoms. The molecule has 166 valence electrons. The van der Waals surface area contributed by atoms with E-state index in [1.54, 1.807) is 18.2 Å². The Bertz CT molecular complexity index is 1050. The fourth-order valence-electron chi connectivity index (χ4n) is 4.44. The van der Waals surface area contributed by atoms with Crippen LogP contribution in [0.2, 0.25) is 0 Å². The molecule has 0 spiro atoms. The lowest BCUT2D eigenvalue weighted by Gasteiger charge is -2.36. The summed E-state index contributed by atoms with van der Waals surface area (Å²) in [7, 11) is -3.69. The third-order valence-electron chi connectivity index (χ3n) is 6.05. The van der Waals surface area contributed by atoms with E-state index in [1.807, 2.05) is 23.1 Å². The first-order chi connectivity index (χ1) is 14.9. The number of morpholine rings is 1. The topological polar surface area (TPSA) is 66.9 Å². The smallest absolute Gasteiger partial charge is 0.254 e. The Balaban J connectivity index is 1.57. The maximum atomic E-state index is 13.3. The van der Waals surface area contributed by atoms with Crippen LogP contribution >= 0.6 is 0 Å². The van der Waals surface area contributed by atoms with E-state index in [-0.39, 0.29) is 16.8 Å². The molecule has 0 aromatic heterocycles. The van der Waals surface area contributed by atoms with Crippen molar-refractivity contribution in [3.63, 3.8) is 0 Å². The number of ether oxygens (including phenoxy) is 1. The van der Waals surface area contributed by atoms with Gasteiger partial charge in [0.2, 0.25) is 10.0 Å². The van der Waals surface area contributed by atoms with Gasteiger partial charge >= 0.3 is 0 Å². The van der Waals surface area contributed by atoms with Crippen molar-refractivity contribution in [2.45, 2.75) is 44.2 Å². The lowest BCUT2D eigenvalue weighted by atomic mass is 10.0. The molecule has 1 atom stereocenters. The van der Waals surface area contributed by atoms with Gasteiger partial charge in [-0.2, -0.15) is 4.31 Å². The first-order valence-corrected chi connectivity index (χ1v) is 12.4. The van der Waals surface area contributed by atoms with Crippen LogP contribution in [0.4, 0.5) is 0 Å². The zero-order valence-electron chi connectivity index (χ0n) is 18.2. The summed E-state index contributed by atoms with van der Waals surface area (Å²) >= 11 is 0. The Morgan fingerprint density at radius 1 is 1.10 bits per heavy atom. The van der Waals surface area contributed by atoms with Gasteiger partial charge in [-0.1, -0.05) is 44.2 Å². The van der Waals surface area contributed by atoms with E-state index in [2.05, 4.69) is 19.9 Å². The molecule has 1 unspecified atom stereocenters. The average molecular weight is 443 g/mol. The number of fused-ring (bicyclic) bond motifs is 1. The molecule has 2 aromatic carbocycles. The maximum absolute atomic E-state index is 13.3. The third-order valence-corrected chi connectivity index (χ3v) is 7.89. The van der Waals surface area contributed by atoms with Crippen molar-refractivity contribution >= 4 is 15.9 Å².